The summed E-state index contributed by atoms with van der Waals surface area (Å²) in [6, 6.07) is 16.0. The van der Waals surface area contributed by atoms with Crippen molar-refractivity contribution in [3.05, 3.63) is 82.5 Å². The number of aryl methyl sites for hydroxylation is 1. The Morgan fingerprint density at radius 2 is 1.82 bits per heavy atom. The Morgan fingerprint density at radius 3 is 2.46 bits per heavy atom. The van der Waals surface area contributed by atoms with Crippen molar-refractivity contribution >= 4 is 29.1 Å². The summed E-state index contributed by atoms with van der Waals surface area (Å²) >= 11 is 6.25. The third kappa shape index (κ3) is 4.21. The lowest BCUT2D eigenvalue weighted by Crippen LogP contribution is -2.22. The number of anilines is 1. The second kappa shape index (κ2) is 8.23. The number of carbonyl (C=O) groups excluding carboxylic acids is 2. The summed E-state index contributed by atoms with van der Waals surface area (Å²) in [5.41, 5.74) is 4.20. The predicted molar refractivity (Wildman–Crippen MR) is 112 cm³/mol. The number of pyridine rings is 1. The normalized spacial score (nSPS) is 10.4. The first-order valence-electron chi connectivity index (χ1n) is 8.71. The van der Waals surface area contributed by atoms with Crippen LogP contribution in [-0.2, 0) is 0 Å². The zero-order valence-corrected chi connectivity index (χ0v) is 16.6. The molecule has 0 fully saturated rings. The van der Waals surface area contributed by atoms with Crippen molar-refractivity contribution in [2.75, 3.05) is 19.4 Å². The average molecular weight is 394 g/mol. The van der Waals surface area contributed by atoms with E-state index in [-0.39, 0.29) is 16.8 Å². The number of hydrogen-bond donors (Lipinski definition) is 1. The molecule has 0 aliphatic rings. The fraction of sp³-hybridized carbons (Fsp3) is 0.136. The molecule has 3 rings (SSSR count). The molecule has 0 unspecified atom stereocenters. The van der Waals surface area contributed by atoms with Gasteiger partial charge in [0, 0.05) is 37.1 Å². The molecule has 0 bridgehead atoms. The molecule has 5 nitrogen and oxygen atoms in total. The highest BCUT2D eigenvalue weighted by Gasteiger charge is 2.15. The minimum absolute atomic E-state index is 0.174. The van der Waals surface area contributed by atoms with E-state index in [0.717, 1.165) is 16.8 Å². The van der Waals surface area contributed by atoms with Crippen molar-refractivity contribution in [2.45, 2.75) is 6.92 Å². The van der Waals surface area contributed by atoms with Crippen LogP contribution in [-0.4, -0.2) is 35.8 Å². The summed E-state index contributed by atoms with van der Waals surface area (Å²) in [7, 11) is 3.32. The maximum absolute atomic E-state index is 12.7. The number of aromatic nitrogens is 1. The monoisotopic (exact) mass is 393 g/mol. The predicted octanol–water partition coefficient (Wildman–Crippen LogP) is 4.66. The topological polar surface area (TPSA) is 62.3 Å². The Kier molecular flexibility index (Phi) is 5.76. The molecular weight excluding hydrogens is 374 g/mol. The van der Waals surface area contributed by atoms with Gasteiger partial charge in [-0.05, 0) is 55.0 Å². The van der Waals surface area contributed by atoms with Gasteiger partial charge >= 0.3 is 0 Å². The van der Waals surface area contributed by atoms with Crippen molar-refractivity contribution in [1.82, 2.24) is 9.88 Å². The molecular formula is C22H20ClN3O2. The van der Waals surface area contributed by atoms with Crippen LogP contribution in [0, 0.1) is 6.92 Å². The first kappa shape index (κ1) is 19.6. The van der Waals surface area contributed by atoms with Crippen LogP contribution in [0.2, 0.25) is 5.02 Å². The van der Waals surface area contributed by atoms with E-state index in [4.69, 9.17) is 11.6 Å². The van der Waals surface area contributed by atoms with Crippen LogP contribution in [0.25, 0.3) is 11.3 Å². The number of rotatable bonds is 4. The molecule has 0 aliphatic heterocycles. The minimum Gasteiger partial charge on any atom is -0.345 e. The number of nitrogens with one attached hydrogen (secondary N) is 1. The Balaban J connectivity index is 1.85. The van der Waals surface area contributed by atoms with Crippen LogP contribution >= 0.6 is 11.6 Å². The summed E-state index contributed by atoms with van der Waals surface area (Å²) in [4.78, 5) is 30.5. The lowest BCUT2D eigenvalue weighted by molar-refractivity contribution is 0.0827. The van der Waals surface area contributed by atoms with Crippen LogP contribution < -0.4 is 5.32 Å². The van der Waals surface area contributed by atoms with Crippen LogP contribution in [0.5, 0.6) is 0 Å². The van der Waals surface area contributed by atoms with Crippen molar-refractivity contribution in [1.29, 1.82) is 0 Å². The highest BCUT2D eigenvalue weighted by atomic mass is 35.5. The largest absolute Gasteiger partial charge is 0.345 e. The quantitative estimate of drug-likeness (QED) is 0.700. The van der Waals surface area contributed by atoms with Gasteiger partial charge < -0.3 is 10.2 Å². The van der Waals surface area contributed by atoms with Crippen LogP contribution in [0.3, 0.4) is 0 Å². The Morgan fingerprint density at radius 1 is 1.04 bits per heavy atom. The molecule has 6 heteroatoms. The molecule has 0 radical (unpaired) electrons. The van der Waals surface area contributed by atoms with Gasteiger partial charge in [-0.2, -0.15) is 0 Å². The maximum Gasteiger partial charge on any atom is 0.257 e. The number of nitrogens with zero attached hydrogens (tertiary/aromatic N) is 2. The van der Waals surface area contributed by atoms with E-state index >= 15 is 0 Å². The molecule has 1 N–H and O–H groups in total. The Labute approximate surface area is 169 Å². The van der Waals surface area contributed by atoms with E-state index in [0.29, 0.717) is 16.8 Å². The fourth-order valence-corrected chi connectivity index (χ4v) is 3.05. The van der Waals surface area contributed by atoms with Crippen molar-refractivity contribution < 1.29 is 9.59 Å². The second-order valence-corrected chi connectivity index (χ2v) is 7.00. The Bertz CT molecular complexity index is 1030. The smallest absolute Gasteiger partial charge is 0.257 e. The summed E-state index contributed by atoms with van der Waals surface area (Å²) in [5, 5.41) is 3.09. The first-order chi connectivity index (χ1) is 13.4. The van der Waals surface area contributed by atoms with Gasteiger partial charge in [-0.1, -0.05) is 23.7 Å². The van der Waals surface area contributed by atoms with Gasteiger partial charge in [0.05, 0.1) is 16.3 Å². The molecule has 1 aromatic heterocycles. The summed E-state index contributed by atoms with van der Waals surface area (Å²) < 4.78 is 0. The zero-order chi connectivity index (χ0) is 20.3. The van der Waals surface area contributed by atoms with E-state index in [1.807, 2.05) is 43.3 Å². The van der Waals surface area contributed by atoms with E-state index in [2.05, 4.69) is 10.3 Å². The second-order valence-electron chi connectivity index (χ2n) is 6.59. The van der Waals surface area contributed by atoms with Gasteiger partial charge in [0.2, 0.25) is 0 Å². The third-order valence-corrected chi connectivity index (χ3v) is 4.62. The number of hydrogen-bond acceptors (Lipinski definition) is 3. The maximum atomic E-state index is 12.7. The van der Waals surface area contributed by atoms with Gasteiger partial charge in [-0.3, -0.25) is 14.6 Å². The molecule has 28 heavy (non-hydrogen) atoms. The highest BCUT2D eigenvalue weighted by molar-refractivity contribution is 6.34. The summed E-state index contributed by atoms with van der Waals surface area (Å²) in [5.74, 6) is -0.517. The number of halogens is 1. The lowest BCUT2D eigenvalue weighted by atomic mass is 10.0. The van der Waals surface area contributed by atoms with Gasteiger partial charge in [-0.25, -0.2) is 0 Å². The van der Waals surface area contributed by atoms with Gasteiger partial charge in [0.1, 0.15) is 0 Å². The van der Waals surface area contributed by atoms with Gasteiger partial charge in [0.25, 0.3) is 11.8 Å². The summed E-state index contributed by atoms with van der Waals surface area (Å²) in [6.07, 6.45) is 1.73. The molecule has 1 heterocycles. The standard InChI is InChI=1S/C22H20ClN3O2/c1-14-7-9-16(13-18(14)20-6-4-5-11-24-20)25-21(27)17-10-8-15(12-19(17)23)22(28)26(2)3/h4-13H,1-3H3,(H,25,27). The van der Waals surface area contributed by atoms with E-state index in [1.54, 1.807) is 32.4 Å². The van der Waals surface area contributed by atoms with E-state index < -0.39 is 0 Å². The lowest BCUT2D eigenvalue weighted by Gasteiger charge is -2.13. The van der Waals surface area contributed by atoms with Crippen LogP contribution in [0.1, 0.15) is 26.3 Å². The summed E-state index contributed by atoms with van der Waals surface area (Å²) in [6.45, 7) is 1.99. The Hall–Kier alpha value is -3.18. The van der Waals surface area contributed by atoms with Crippen molar-refractivity contribution in [3.63, 3.8) is 0 Å². The molecule has 0 aliphatic carbocycles. The molecule has 2 aromatic carbocycles. The number of carbonyl (C=O) groups is 2. The number of benzene rings is 2. The first-order valence-corrected chi connectivity index (χ1v) is 9.09. The highest BCUT2D eigenvalue weighted by Crippen LogP contribution is 2.26. The average Bonchev–Trinajstić information content (AvgIpc) is 2.69. The van der Waals surface area contributed by atoms with E-state index in [1.165, 1.54) is 11.0 Å². The number of amides is 2. The SMILES string of the molecule is Cc1ccc(NC(=O)c2ccc(C(=O)N(C)C)cc2Cl)cc1-c1ccccn1. The third-order valence-electron chi connectivity index (χ3n) is 4.30. The molecule has 0 spiro atoms. The van der Waals surface area contributed by atoms with Gasteiger partial charge in [-0.15, -0.1) is 0 Å². The molecule has 2 amide bonds. The molecule has 3 aromatic rings. The molecule has 0 saturated heterocycles. The van der Waals surface area contributed by atoms with Crippen LogP contribution in [0.4, 0.5) is 5.69 Å². The molecule has 0 saturated carbocycles. The van der Waals surface area contributed by atoms with Crippen molar-refractivity contribution in [2.24, 2.45) is 0 Å². The van der Waals surface area contributed by atoms with Crippen molar-refractivity contribution in [3.8, 4) is 11.3 Å². The van der Waals surface area contributed by atoms with E-state index in [9.17, 15) is 9.59 Å². The molecule has 0 atom stereocenters. The molecule has 142 valence electrons. The fourth-order valence-electron chi connectivity index (χ4n) is 2.79. The van der Waals surface area contributed by atoms with Crippen LogP contribution in [0.15, 0.2) is 60.8 Å². The zero-order valence-electron chi connectivity index (χ0n) is 15.9. The minimum atomic E-state index is -0.343. The van der Waals surface area contributed by atoms with Gasteiger partial charge in [0.15, 0.2) is 0 Å².